The van der Waals surface area contributed by atoms with Crippen molar-refractivity contribution in [3.63, 3.8) is 0 Å². The fraction of sp³-hybridized carbons (Fsp3) is 0.391. The molecule has 188 valence electrons. The van der Waals surface area contributed by atoms with E-state index in [1.807, 2.05) is 0 Å². The fourth-order valence-electron chi connectivity index (χ4n) is 3.36. The van der Waals surface area contributed by atoms with Crippen molar-refractivity contribution in [2.45, 2.75) is 26.3 Å². The Labute approximate surface area is 201 Å². The van der Waals surface area contributed by atoms with Crippen LogP contribution >= 0.6 is 0 Å². The van der Waals surface area contributed by atoms with Gasteiger partial charge in [0.2, 0.25) is 0 Å². The van der Waals surface area contributed by atoms with Crippen molar-refractivity contribution in [2.75, 3.05) is 32.8 Å². The number of hydrogen-bond donors (Lipinski definition) is 6. The van der Waals surface area contributed by atoms with Crippen LogP contribution in [0.15, 0.2) is 33.7 Å². The smallest absolute Gasteiger partial charge is 0.328 e. The Morgan fingerprint density at radius 3 is 2.63 bits per heavy atom. The van der Waals surface area contributed by atoms with Gasteiger partial charge in [-0.2, -0.15) is 0 Å². The molecule has 1 aliphatic rings. The molecule has 0 fully saturated rings. The number of aromatic hydroxyl groups is 1. The van der Waals surface area contributed by atoms with E-state index in [4.69, 9.17) is 9.15 Å². The molecule has 1 aromatic carbocycles. The number of furan rings is 1. The second-order valence-corrected chi connectivity index (χ2v) is 7.87. The van der Waals surface area contributed by atoms with Crippen molar-refractivity contribution in [1.29, 1.82) is 0 Å². The minimum Gasteiger partial charge on any atom is -0.507 e. The number of hydrogen-bond acceptors (Lipinski definition) is 9. The zero-order valence-electron chi connectivity index (χ0n) is 19.5. The first-order valence-corrected chi connectivity index (χ1v) is 11.1. The summed E-state index contributed by atoms with van der Waals surface area (Å²) in [4.78, 5) is 40.7. The summed E-state index contributed by atoms with van der Waals surface area (Å²) in [7, 11) is 0. The summed E-state index contributed by atoms with van der Waals surface area (Å²) in [6.07, 6.45) is 0.997. The maximum Gasteiger partial charge on any atom is 0.328 e. The number of aliphatic imine (C=N–C) groups is 1. The lowest BCUT2D eigenvalue weighted by molar-refractivity contribution is -0.139. The lowest BCUT2D eigenvalue weighted by Gasteiger charge is -2.16. The monoisotopic (exact) mass is 487 g/mol. The molecule has 0 bridgehead atoms. The Balaban J connectivity index is 1.50. The Kier molecular flexibility index (Phi) is 8.54. The number of phenols is 1. The number of guanidine groups is 1. The van der Waals surface area contributed by atoms with Gasteiger partial charge in [-0.1, -0.05) is 0 Å². The van der Waals surface area contributed by atoms with Crippen molar-refractivity contribution in [3.8, 4) is 11.5 Å². The highest BCUT2D eigenvalue weighted by Gasteiger charge is 2.24. The first-order valence-electron chi connectivity index (χ1n) is 11.1. The lowest BCUT2D eigenvalue weighted by Crippen LogP contribution is -2.48. The van der Waals surface area contributed by atoms with E-state index in [1.165, 1.54) is 24.3 Å². The van der Waals surface area contributed by atoms with Gasteiger partial charge >= 0.3 is 5.97 Å². The SMILES string of the molecule is Cc1cc(C(=O)N[C@@H](CNC(=O)c2ccc(OCCNC3=NCCCN3)cc2O)C(=O)O)c(C)o1. The van der Waals surface area contributed by atoms with Crippen LogP contribution in [-0.2, 0) is 4.79 Å². The van der Waals surface area contributed by atoms with Crippen molar-refractivity contribution in [1.82, 2.24) is 21.3 Å². The van der Waals surface area contributed by atoms with Crippen LogP contribution in [0.25, 0.3) is 0 Å². The van der Waals surface area contributed by atoms with Crippen molar-refractivity contribution < 1.29 is 33.8 Å². The van der Waals surface area contributed by atoms with Crippen molar-refractivity contribution >= 4 is 23.7 Å². The van der Waals surface area contributed by atoms with Gasteiger partial charge in [-0.05, 0) is 38.5 Å². The number of nitrogens with one attached hydrogen (secondary N) is 4. The Morgan fingerprint density at radius 2 is 2.00 bits per heavy atom. The number of benzene rings is 1. The first kappa shape index (κ1) is 25.4. The predicted octanol–water partition coefficient (Wildman–Crippen LogP) is 0.533. The average molecular weight is 488 g/mol. The molecule has 0 spiro atoms. The van der Waals surface area contributed by atoms with Gasteiger partial charge in [0, 0.05) is 25.7 Å². The summed E-state index contributed by atoms with van der Waals surface area (Å²) < 4.78 is 10.9. The second-order valence-electron chi connectivity index (χ2n) is 7.87. The van der Waals surface area contributed by atoms with Gasteiger partial charge in [-0.15, -0.1) is 0 Å². The molecule has 12 nitrogen and oxygen atoms in total. The number of carbonyl (C=O) groups excluding carboxylic acids is 2. The number of ether oxygens (including phenoxy) is 1. The quantitative estimate of drug-likeness (QED) is 0.261. The molecular weight excluding hydrogens is 458 g/mol. The van der Waals surface area contributed by atoms with Crippen LogP contribution in [0.1, 0.15) is 38.7 Å². The van der Waals surface area contributed by atoms with E-state index < -0.39 is 30.4 Å². The van der Waals surface area contributed by atoms with E-state index in [-0.39, 0.29) is 16.9 Å². The highest BCUT2D eigenvalue weighted by Crippen LogP contribution is 2.23. The third-order valence-corrected chi connectivity index (χ3v) is 5.13. The molecule has 0 saturated heterocycles. The normalized spacial score (nSPS) is 13.7. The third kappa shape index (κ3) is 7.13. The molecule has 3 rings (SSSR count). The third-order valence-electron chi connectivity index (χ3n) is 5.13. The van der Waals surface area contributed by atoms with Crippen LogP contribution in [0.2, 0.25) is 0 Å². The summed E-state index contributed by atoms with van der Waals surface area (Å²) in [5.74, 6) is -1.03. The molecule has 0 unspecified atom stereocenters. The standard InChI is InChI=1S/C23H29N5O7/c1-13-10-17(14(2)35-13)21(31)28-18(22(32)33)12-27-20(30)16-5-4-15(11-19(16)29)34-9-8-26-23-24-6-3-7-25-23/h4-5,10-11,18,29H,3,6-9,12H2,1-2H3,(H,27,30)(H,28,31)(H,32,33)(H2,24,25,26)/t18-/m0/s1. The molecule has 2 amide bonds. The molecule has 1 aliphatic heterocycles. The van der Waals surface area contributed by atoms with Crippen LogP contribution < -0.4 is 26.0 Å². The number of rotatable bonds is 10. The maximum atomic E-state index is 12.5. The molecule has 6 N–H and O–H groups in total. The molecule has 1 atom stereocenters. The summed E-state index contributed by atoms with van der Waals surface area (Å²) >= 11 is 0. The molecule has 0 radical (unpaired) electrons. The number of amides is 2. The second kappa shape index (κ2) is 11.8. The maximum absolute atomic E-state index is 12.5. The Bertz CT molecular complexity index is 1110. The van der Waals surface area contributed by atoms with E-state index in [2.05, 4.69) is 26.3 Å². The first-order chi connectivity index (χ1) is 16.7. The summed E-state index contributed by atoms with van der Waals surface area (Å²) in [6.45, 7) is 5.31. The number of nitrogens with zero attached hydrogens (tertiary/aromatic N) is 1. The van der Waals surface area contributed by atoms with Crippen LogP contribution in [0, 0.1) is 13.8 Å². The number of carboxylic acid groups (broad SMARTS) is 1. The van der Waals surface area contributed by atoms with Crippen LogP contribution in [-0.4, -0.2) is 72.8 Å². The van der Waals surface area contributed by atoms with Crippen LogP contribution in [0.4, 0.5) is 0 Å². The molecule has 2 heterocycles. The molecule has 35 heavy (non-hydrogen) atoms. The average Bonchev–Trinajstić information content (AvgIpc) is 3.17. The van der Waals surface area contributed by atoms with Gasteiger partial charge in [-0.25, -0.2) is 4.79 Å². The zero-order chi connectivity index (χ0) is 25.4. The van der Waals surface area contributed by atoms with E-state index in [9.17, 15) is 24.6 Å². The molecule has 1 aromatic heterocycles. The number of aryl methyl sites for hydroxylation is 2. The molecule has 12 heteroatoms. The van der Waals surface area contributed by atoms with Crippen molar-refractivity contribution in [2.24, 2.45) is 4.99 Å². The van der Waals surface area contributed by atoms with Gasteiger partial charge in [0.15, 0.2) is 5.96 Å². The minimum atomic E-state index is -1.39. The summed E-state index contributed by atoms with van der Waals surface area (Å²) in [6, 6.07) is 4.30. The highest BCUT2D eigenvalue weighted by molar-refractivity contribution is 5.99. The highest BCUT2D eigenvalue weighted by atomic mass is 16.5. The number of aliphatic carboxylic acids is 1. The molecule has 0 saturated carbocycles. The number of carbonyl (C=O) groups is 3. The largest absolute Gasteiger partial charge is 0.507 e. The molecule has 2 aromatic rings. The summed E-state index contributed by atoms with van der Waals surface area (Å²) in [5, 5.41) is 30.7. The van der Waals surface area contributed by atoms with Gasteiger partial charge in [0.1, 0.15) is 35.7 Å². The molecular formula is C23H29N5O7. The van der Waals surface area contributed by atoms with Crippen LogP contribution in [0.5, 0.6) is 11.5 Å². The zero-order valence-corrected chi connectivity index (χ0v) is 19.5. The van der Waals surface area contributed by atoms with Gasteiger partial charge in [0.25, 0.3) is 11.8 Å². The topological polar surface area (TPSA) is 175 Å². The fourth-order valence-corrected chi connectivity index (χ4v) is 3.36. The van der Waals surface area contributed by atoms with Gasteiger partial charge < -0.3 is 40.6 Å². The van der Waals surface area contributed by atoms with E-state index >= 15 is 0 Å². The van der Waals surface area contributed by atoms with E-state index in [1.54, 1.807) is 13.8 Å². The van der Waals surface area contributed by atoms with E-state index in [0.717, 1.165) is 25.5 Å². The van der Waals surface area contributed by atoms with Gasteiger partial charge in [-0.3, -0.25) is 14.6 Å². The Morgan fingerprint density at radius 1 is 1.20 bits per heavy atom. The van der Waals surface area contributed by atoms with E-state index in [0.29, 0.717) is 30.4 Å². The molecule has 0 aliphatic carbocycles. The number of carboxylic acids is 1. The van der Waals surface area contributed by atoms with Crippen molar-refractivity contribution in [3.05, 3.63) is 46.9 Å². The predicted molar refractivity (Wildman–Crippen MR) is 126 cm³/mol. The number of phenolic OH excluding ortho intramolecular Hbond substituents is 1. The summed E-state index contributed by atoms with van der Waals surface area (Å²) in [5.41, 5.74) is 0.152. The Hall–Kier alpha value is -4.22. The lowest BCUT2D eigenvalue weighted by atomic mass is 10.1. The minimum absolute atomic E-state index is 0.0620. The van der Waals surface area contributed by atoms with Gasteiger partial charge in [0.05, 0.1) is 17.7 Å². The van der Waals surface area contributed by atoms with Crippen LogP contribution in [0.3, 0.4) is 0 Å².